The van der Waals surface area contributed by atoms with E-state index in [4.69, 9.17) is 15.6 Å². The molecule has 1 aliphatic rings. The molecule has 0 bridgehead atoms. The number of rotatable bonds is 5. The van der Waals surface area contributed by atoms with Crippen molar-refractivity contribution in [3.8, 4) is 0 Å². The summed E-state index contributed by atoms with van der Waals surface area (Å²) >= 11 is 0. The maximum atomic E-state index is 12.6. The molecule has 0 fully saturated rings. The van der Waals surface area contributed by atoms with Crippen molar-refractivity contribution in [3.63, 3.8) is 0 Å². The fraction of sp³-hybridized carbons (Fsp3) is 0.526. The van der Waals surface area contributed by atoms with E-state index in [-0.39, 0.29) is 12.0 Å². The van der Waals surface area contributed by atoms with Gasteiger partial charge in [0, 0.05) is 17.4 Å². The molecule has 0 radical (unpaired) electrons. The number of hydrogen-bond acceptors (Lipinski definition) is 5. The third-order valence-electron chi connectivity index (χ3n) is 4.81. The van der Waals surface area contributed by atoms with Crippen LogP contribution in [0.15, 0.2) is 18.2 Å². The number of esters is 1. The van der Waals surface area contributed by atoms with Crippen LogP contribution < -0.4 is 5.73 Å². The minimum atomic E-state index is -1.15. The van der Waals surface area contributed by atoms with Gasteiger partial charge in [-0.2, -0.15) is 0 Å². The lowest BCUT2D eigenvalue weighted by Crippen LogP contribution is -2.54. The van der Waals surface area contributed by atoms with Gasteiger partial charge in [0.25, 0.3) is 0 Å². The van der Waals surface area contributed by atoms with E-state index in [2.05, 4.69) is 0 Å². The van der Waals surface area contributed by atoms with Crippen LogP contribution in [0.2, 0.25) is 0 Å². The molecule has 2 atom stereocenters. The lowest BCUT2D eigenvalue weighted by atomic mass is 9.80. The number of Topliss-reactive ketones (excluding diaryl/α,β-unsaturated/α-hetero) is 1. The molecule has 0 amide bonds. The number of aliphatic carboxylic acids is 1. The Kier molecular flexibility index (Phi) is 5.04. The molecule has 1 aliphatic carbocycles. The zero-order chi connectivity index (χ0) is 19.0. The van der Waals surface area contributed by atoms with Gasteiger partial charge in [0.2, 0.25) is 0 Å². The second kappa shape index (κ2) is 6.59. The smallest absolute Gasteiger partial charge is 0.339 e. The highest BCUT2D eigenvalue weighted by Gasteiger charge is 2.42. The summed E-state index contributed by atoms with van der Waals surface area (Å²) in [4.78, 5) is 35.8. The Bertz CT molecular complexity index is 719. The molecule has 136 valence electrons. The van der Waals surface area contributed by atoms with Crippen LogP contribution in [0.3, 0.4) is 0 Å². The number of nitrogens with two attached hydrogens (primary N) is 1. The molecule has 0 saturated heterocycles. The van der Waals surface area contributed by atoms with E-state index >= 15 is 0 Å². The SMILES string of the molecule is CCCC(N)(OC(=O)c1ccc2c(c1)CC(C(=O)O)C2=O)C(C)(C)C. The number of fused-ring (bicyclic) bond motifs is 1. The van der Waals surface area contributed by atoms with Crippen LogP contribution in [0.1, 0.15) is 66.8 Å². The summed E-state index contributed by atoms with van der Waals surface area (Å²) in [5, 5.41) is 9.11. The molecule has 3 N–H and O–H groups in total. The lowest BCUT2D eigenvalue weighted by molar-refractivity contribution is -0.139. The minimum absolute atomic E-state index is 0.0899. The summed E-state index contributed by atoms with van der Waals surface area (Å²) in [5.41, 5.74) is 5.97. The van der Waals surface area contributed by atoms with Crippen LogP contribution >= 0.6 is 0 Å². The minimum Gasteiger partial charge on any atom is -0.481 e. The van der Waals surface area contributed by atoms with Crippen molar-refractivity contribution in [3.05, 3.63) is 34.9 Å². The van der Waals surface area contributed by atoms with E-state index < -0.39 is 34.8 Å². The average molecular weight is 347 g/mol. The summed E-state index contributed by atoms with van der Waals surface area (Å²) in [6.45, 7) is 7.70. The Morgan fingerprint density at radius 2 is 1.96 bits per heavy atom. The second-order valence-corrected chi connectivity index (χ2v) is 7.61. The normalized spacial score (nSPS) is 19.2. The van der Waals surface area contributed by atoms with E-state index in [1.807, 2.05) is 27.7 Å². The standard InChI is InChI=1S/C19H25NO5/c1-5-8-19(20,18(2,3)4)25-17(24)11-6-7-13-12(9-11)10-14(15(13)21)16(22)23/h6-7,9,14H,5,8,10,20H2,1-4H3,(H,22,23). The zero-order valence-corrected chi connectivity index (χ0v) is 15.1. The van der Waals surface area contributed by atoms with Gasteiger partial charge < -0.3 is 9.84 Å². The van der Waals surface area contributed by atoms with Crippen molar-refractivity contribution in [1.29, 1.82) is 0 Å². The maximum Gasteiger partial charge on any atom is 0.339 e. The molecule has 2 rings (SSSR count). The molecule has 6 heteroatoms. The molecular formula is C19H25NO5. The van der Waals surface area contributed by atoms with E-state index in [9.17, 15) is 14.4 Å². The van der Waals surface area contributed by atoms with Crippen molar-refractivity contribution in [2.45, 2.75) is 52.7 Å². The molecule has 6 nitrogen and oxygen atoms in total. The number of carbonyl (C=O) groups is 3. The van der Waals surface area contributed by atoms with Crippen LogP contribution in [0.4, 0.5) is 0 Å². The third-order valence-corrected chi connectivity index (χ3v) is 4.81. The second-order valence-electron chi connectivity index (χ2n) is 7.61. The van der Waals surface area contributed by atoms with Crippen LogP contribution in [-0.2, 0) is 16.0 Å². The number of carboxylic acids is 1. The molecule has 0 spiro atoms. The quantitative estimate of drug-likeness (QED) is 0.482. The number of benzene rings is 1. The Balaban J connectivity index is 2.27. The van der Waals surface area contributed by atoms with Gasteiger partial charge in [0.15, 0.2) is 11.5 Å². The van der Waals surface area contributed by atoms with Gasteiger partial charge >= 0.3 is 11.9 Å². The third kappa shape index (κ3) is 3.58. The van der Waals surface area contributed by atoms with Crippen molar-refractivity contribution < 1.29 is 24.2 Å². The van der Waals surface area contributed by atoms with E-state index in [0.717, 1.165) is 6.42 Å². The van der Waals surface area contributed by atoms with E-state index in [1.54, 1.807) is 0 Å². The van der Waals surface area contributed by atoms with Gasteiger partial charge in [0.1, 0.15) is 5.92 Å². The predicted molar refractivity (Wildman–Crippen MR) is 92.3 cm³/mol. The first kappa shape index (κ1) is 19.1. The highest BCUT2D eigenvalue weighted by Crippen LogP contribution is 2.34. The van der Waals surface area contributed by atoms with Crippen LogP contribution in [0.25, 0.3) is 0 Å². The highest BCUT2D eigenvalue weighted by molar-refractivity contribution is 6.12. The highest BCUT2D eigenvalue weighted by atomic mass is 16.6. The number of ether oxygens (including phenoxy) is 1. The van der Waals surface area contributed by atoms with Gasteiger partial charge in [0.05, 0.1) is 5.56 Å². The van der Waals surface area contributed by atoms with Gasteiger partial charge in [-0.3, -0.25) is 15.3 Å². The van der Waals surface area contributed by atoms with Gasteiger partial charge in [-0.15, -0.1) is 0 Å². The van der Waals surface area contributed by atoms with E-state index in [1.165, 1.54) is 18.2 Å². The Morgan fingerprint density at radius 1 is 1.32 bits per heavy atom. The van der Waals surface area contributed by atoms with E-state index in [0.29, 0.717) is 17.5 Å². The van der Waals surface area contributed by atoms with Crippen molar-refractivity contribution in [2.24, 2.45) is 17.1 Å². The first-order valence-corrected chi connectivity index (χ1v) is 8.42. The summed E-state index contributed by atoms with van der Waals surface area (Å²) in [7, 11) is 0. The topological polar surface area (TPSA) is 107 Å². The summed E-state index contributed by atoms with van der Waals surface area (Å²) < 4.78 is 5.63. The van der Waals surface area contributed by atoms with Gasteiger partial charge in [-0.25, -0.2) is 4.79 Å². The predicted octanol–water partition coefficient (Wildman–Crippen LogP) is 2.78. The molecule has 0 saturated carbocycles. The fourth-order valence-corrected chi connectivity index (χ4v) is 3.00. The first-order chi connectivity index (χ1) is 11.5. The van der Waals surface area contributed by atoms with Crippen molar-refractivity contribution in [2.75, 3.05) is 0 Å². The molecule has 1 aromatic carbocycles. The van der Waals surface area contributed by atoms with Crippen LogP contribution in [-0.4, -0.2) is 28.6 Å². The zero-order valence-electron chi connectivity index (χ0n) is 15.1. The number of hydrogen-bond donors (Lipinski definition) is 2. The molecule has 0 heterocycles. The fourth-order valence-electron chi connectivity index (χ4n) is 3.00. The Morgan fingerprint density at radius 3 is 2.48 bits per heavy atom. The van der Waals surface area contributed by atoms with Crippen molar-refractivity contribution in [1.82, 2.24) is 0 Å². The van der Waals surface area contributed by atoms with Gasteiger partial charge in [-0.05, 0) is 24.1 Å². The average Bonchev–Trinajstić information content (AvgIpc) is 2.83. The molecule has 25 heavy (non-hydrogen) atoms. The first-order valence-electron chi connectivity index (χ1n) is 8.42. The maximum absolute atomic E-state index is 12.6. The lowest BCUT2D eigenvalue weighted by Gasteiger charge is -2.40. The summed E-state index contributed by atoms with van der Waals surface area (Å²) in [6.07, 6.45) is 1.37. The molecule has 2 unspecified atom stereocenters. The molecule has 1 aromatic rings. The molecular weight excluding hydrogens is 322 g/mol. The monoisotopic (exact) mass is 347 g/mol. The van der Waals surface area contributed by atoms with Crippen molar-refractivity contribution >= 4 is 17.7 Å². The number of carboxylic acid groups (broad SMARTS) is 1. The summed E-state index contributed by atoms with van der Waals surface area (Å²) in [6, 6.07) is 4.51. The van der Waals surface area contributed by atoms with Gasteiger partial charge in [-0.1, -0.05) is 40.2 Å². The Labute approximate surface area is 147 Å². The largest absolute Gasteiger partial charge is 0.481 e. The number of carbonyl (C=O) groups excluding carboxylic acids is 2. The molecule has 0 aromatic heterocycles. The Hall–Kier alpha value is -2.21. The van der Waals surface area contributed by atoms with Crippen LogP contribution in [0.5, 0.6) is 0 Å². The van der Waals surface area contributed by atoms with Crippen LogP contribution in [0, 0.1) is 11.3 Å². The molecule has 0 aliphatic heterocycles. The summed E-state index contributed by atoms with van der Waals surface area (Å²) in [5.74, 6) is -3.22. The number of ketones is 1.